The van der Waals surface area contributed by atoms with Gasteiger partial charge in [-0.15, -0.1) is 0 Å². The molecule has 2 aliphatic rings. The summed E-state index contributed by atoms with van der Waals surface area (Å²) in [4.78, 5) is 12.2. The van der Waals surface area contributed by atoms with Crippen molar-refractivity contribution in [2.45, 2.75) is 31.0 Å². The lowest BCUT2D eigenvalue weighted by atomic mass is 9.87. The van der Waals surface area contributed by atoms with E-state index in [0.29, 0.717) is 24.2 Å². The molecule has 2 aromatic carbocycles. The highest BCUT2D eigenvalue weighted by molar-refractivity contribution is 6.30. The van der Waals surface area contributed by atoms with Crippen molar-refractivity contribution >= 4 is 17.3 Å². The van der Waals surface area contributed by atoms with E-state index < -0.39 is 40.7 Å². The number of nitro benzene ring substituents is 1. The first-order valence-electron chi connectivity index (χ1n) is 9.89. The number of piperidine rings is 1. The zero-order valence-corrected chi connectivity index (χ0v) is 17.3. The van der Waals surface area contributed by atoms with Crippen LogP contribution in [0.5, 0.6) is 11.5 Å². The van der Waals surface area contributed by atoms with Crippen molar-refractivity contribution in [1.29, 1.82) is 0 Å². The Balaban J connectivity index is 1.30. The van der Waals surface area contributed by atoms with Gasteiger partial charge in [0.2, 0.25) is 11.6 Å². The second-order valence-electron chi connectivity index (χ2n) is 7.95. The van der Waals surface area contributed by atoms with E-state index in [9.17, 15) is 24.0 Å². The lowest BCUT2D eigenvalue weighted by Gasteiger charge is -2.39. The van der Waals surface area contributed by atoms with E-state index in [4.69, 9.17) is 21.1 Å². The van der Waals surface area contributed by atoms with Crippen molar-refractivity contribution < 1.29 is 28.3 Å². The van der Waals surface area contributed by atoms with E-state index in [1.54, 1.807) is 6.07 Å². The summed E-state index contributed by atoms with van der Waals surface area (Å²) < 4.78 is 38.6. The van der Waals surface area contributed by atoms with Gasteiger partial charge in [-0.2, -0.15) is 4.39 Å². The second kappa shape index (κ2) is 8.57. The zero-order chi connectivity index (χ0) is 22.2. The van der Waals surface area contributed by atoms with E-state index in [0.717, 1.165) is 36.6 Å². The van der Waals surface area contributed by atoms with Crippen molar-refractivity contribution in [2.75, 3.05) is 26.2 Å². The highest BCUT2D eigenvalue weighted by Crippen LogP contribution is 2.42. The number of β-amino-alcohol motifs (C(OH)–C–C–N with tert-alkyl or cyclic N) is 1. The van der Waals surface area contributed by atoms with Crippen molar-refractivity contribution in [1.82, 2.24) is 4.90 Å². The molecule has 166 valence electrons. The summed E-state index contributed by atoms with van der Waals surface area (Å²) in [6, 6.07) is 7.10. The normalized spacial score (nSPS) is 18.5. The van der Waals surface area contributed by atoms with E-state index in [1.807, 2.05) is 17.0 Å². The van der Waals surface area contributed by atoms with Gasteiger partial charge < -0.3 is 19.5 Å². The summed E-state index contributed by atoms with van der Waals surface area (Å²) in [6.45, 7) is 1.18. The van der Waals surface area contributed by atoms with Crippen LogP contribution in [0.15, 0.2) is 30.3 Å². The largest absolute Gasteiger partial charge is 0.487 e. The topological polar surface area (TPSA) is 85.1 Å². The fourth-order valence-electron chi connectivity index (χ4n) is 4.16. The molecule has 1 spiro atoms. The Bertz CT molecular complexity index is 998. The number of hydrogen-bond acceptors (Lipinski definition) is 6. The molecule has 31 heavy (non-hydrogen) atoms. The van der Waals surface area contributed by atoms with Crippen molar-refractivity contribution in [3.63, 3.8) is 0 Å². The van der Waals surface area contributed by atoms with Crippen LogP contribution >= 0.6 is 11.6 Å². The minimum absolute atomic E-state index is 0.236. The summed E-state index contributed by atoms with van der Waals surface area (Å²) in [7, 11) is 0. The number of aliphatic hydroxyl groups excluding tert-OH is 1. The molecule has 2 aromatic rings. The van der Waals surface area contributed by atoms with Crippen LogP contribution in [0.1, 0.15) is 18.4 Å². The number of fused-ring (bicyclic) bond motifs is 1. The number of aliphatic hydroxyl groups is 1. The Morgan fingerprint density at radius 3 is 2.74 bits per heavy atom. The molecule has 0 saturated carbocycles. The average molecular weight is 455 g/mol. The molecule has 0 aromatic heterocycles. The molecule has 1 atom stereocenters. The first-order valence-corrected chi connectivity index (χ1v) is 10.3. The van der Waals surface area contributed by atoms with Crippen LogP contribution < -0.4 is 9.47 Å². The lowest BCUT2D eigenvalue weighted by Crippen LogP contribution is -2.49. The minimum Gasteiger partial charge on any atom is -0.487 e. The van der Waals surface area contributed by atoms with Gasteiger partial charge in [0.05, 0.1) is 4.92 Å². The molecule has 1 N–H and O–H groups in total. The fourth-order valence-corrected chi connectivity index (χ4v) is 4.35. The van der Waals surface area contributed by atoms with Crippen LogP contribution in [0, 0.1) is 21.7 Å². The SMILES string of the molecule is O=[N+]([O-])c1ccc(F)c(F)c1OC[C@@H](O)CN1CCC2(CC1)Cc1cc(Cl)ccc1O2. The molecule has 0 bridgehead atoms. The predicted molar refractivity (Wildman–Crippen MR) is 109 cm³/mol. The number of likely N-dealkylation sites (tertiary alicyclic amines) is 1. The lowest BCUT2D eigenvalue weighted by molar-refractivity contribution is -0.386. The van der Waals surface area contributed by atoms with Gasteiger partial charge in [-0.25, -0.2) is 4.39 Å². The maximum absolute atomic E-state index is 13.9. The molecule has 0 unspecified atom stereocenters. The smallest absolute Gasteiger partial charge is 0.314 e. The molecule has 7 nitrogen and oxygen atoms in total. The zero-order valence-electron chi connectivity index (χ0n) is 16.5. The van der Waals surface area contributed by atoms with Crippen LogP contribution in [0.3, 0.4) is 0 Å². The van der Waals surface area contributed by atoms with Crippen LogP contribution in [0.4, 0.5) is 14.5 Å². The van der Waals surface area contributed by atoms with Crippen LogP contribution in [-0.4, -0.2) is 52.9 Å². The number of nitro groups is 1. The Morgan fingerprint density at radius 2 is 2.03 bits per heavy atom. The number of nitrogens with zero attached hydrogens (tertiary/aromatic N) is 2. The number of halogens is 3. The standard InChI is InChI=1S/C21H21ClF2N2O5/c22-14-1-4-18-13(9-14)10-21(31-18)5-7-25(8-6-21)11-15(27)12-30-20-17(26(28)29)3-2-16(23)19(20)24/h1-4,9,15,27H,5-8,10-12H2/t15-/m0/s1. The number of rotatable bonds is 6. The van der Waals surface area contributed by atoms with Crippen LogP contribution in [0.2, 0.25) is 5.02 Å². The second-order valence-corrected chi connectivity index (χ2v) is 8.38. The third-order valence-corrected chi connectivity index (χ3v) is 5.98. The first-order chi connectivity index (χ1) is 14.8. The van der Waals surface area contributed by atoms with E-state index >= 15 is 0 Å². The third kappa shape index (κ3) is 4.58. The number of benzene rings is 2. The highest BCUT2D eigenvalue weighted by Gasteiger charge is 2.42. The van der Waals surface area contributed by atoms with Gasteiger partial charge in [-0.3, -0.25) is 10.1 Å². The Labute approximate surface area is 182 Å². The first kappa shape index (κ1) is 21.7. The molecule has 0 amide bonds. The van der Waals surface area contributed by atoms with E-state index in [-0.39, 0.29) is 12.1 Å². The Morgan fingerprint density at radius 1 is 1.29 bits per heavy atom. The summed E-state index contributed by atoms with van der Waals surface area (Å²) in [5, 5.41) is 22.0. The third-order valence-electron chi connectivity index (χ3n) is 5.74. The Hall–Kier alpha value is -2.49. The fraction of sp³-hybridized carbons (Fsp3) is 0.429. The van der Waals surface area contributed by atoms with E-state index in [1.165, 1.54) is 0 Å². The Kier molecular flexibility index (Phi) is 6.00. The molecule has 10 heteroatoms. The minimum atomic E-state index is -1.45. The summed E-state index contributed by atoms with van der Waals surface area (Å²) in [5.41, 5.74) is 0.119. The summed E-state index contributed by atoms with van der Waals surface area (Å²) in [6.07, 6.45) is 1.27. The van der Waals surface area contributed by atoms with Gasteiger partial charge in [-0.1, -0.05) is 11.6 Å². The molecular weight excluding hydrogens is 434 g/mol. The van der Waals surface area contributed by atoms with E-state index in [2.05, 4.69) is 0 Å². The van der Waals surface area contributed by atoms with Gasteiger partial charge in [0.1, 0.15) is 24.1 Å². The maximum Gasteiger partial charge on any atom is 0.314 e. The van der Waals surface area contributed by atoms with Gasteiger partial charge in [-0.05, 0) is 29.8 Å². The van der Waals surface area contributed by atoms with Crippen LogP contribution in [-0.2, 0) is 6.42 Å². The number of hydrogen-bond donors (Lipinski definition) is 1. The van der Waals surface area contributed by atoms with Gasteiger partial charge in [0, 0.05) is 50.0 Å². The number of ether oxygens (including phenoxy) is 2. The molecular formula is C21H21ClF2N2O5. The molecule has 1 fully saturated rings. The van der Waals surface area contributed by atoms with Gasteiger partial charge >= 0.3 is 5.69 Å². The predicted octanol–water partition coefficient (Wildman–Crippen LogP) is 3.74. The van der Waals surface area contributed by atoms with Crippen molar-refractivity contribution in [3.8, 4) is 11.5 Å². The quantitative estimate of drug-likeness (QED) is 0.528. The van der Waals surface area contributed by atoms with Gasteiger partial charge in [0.15, 0.2) is 5.82 Å². The molecule has 0 aliphatic carbocycles. The average Bonchev–Trinajstić information content (AvgIpc) is 3.07. The monoisotopic (exact) mass is 454 g/mol. The van der Waals surface area contributed by atoms with Crippen molar-refractivity contribution in [3.05, 3.63) is 62.7 Å². The molecule has 2 heterocycles. The summed E-state index contributed by atoms with van der Waals surface area (Å²) in [5.74, 6) is -2.66. The van der Waals surface area contributed by atoms with Crippen molar-refractivity contribution in [2.24, 2.45) is 0 Å². The molecule has 0 radical (unpaired) electrons. The van der Waals surface area contributed by atoms with Crippen LogP contribution in [0.25, 0.3) is 0 Å². The maximum atomic E-state index is 13.9. The molecule has 4 rings (SSSR count). The molecule has 2 aliphatic heterocycles. The molecule has 1 saturated heterocycles. The van der Waals surface area contributed by atoms with Gasteiger partial charge in [0.25, 0.3) is 0 Å². The summed E-state index contributed by atoms with van der Waals surface area (Å²) >= 11 is 6.07. The highest BCUT2D eigenvalue weighted by atomic mass is 35.5.